The highest BCUT2D eigenvalue weighted by Gasteiger charge is 2.23. The van der Waals surface area contributed by atoms with Crippen molar-refractivity contribution in [3.63, 3.8) is 0 Å². The number of carbonyl (C=O) groups excluding carboxylic acids is 1. The van der Waals surface area contributed by atoms with E-state index in [0.29, 0.717) is 18.2 Å². The number of carbonyl (C=O) groups is 1. The van der Waals surface area contributed by atoms with Gasteiger partial charge in [0.1, 0.15) is 0 Å². The van der Waals surface area contributed by atoms with Crippen molar-refractivity contribution in [3.8, 4) is 0 Å². The molecule has 2 fully saturated rings. The van der Waals surface area contributed by atoms with Crippen LogP contribution in [0.2, 0.25) is 0 Å². The summed E-state index contributed by atoms with van der Waals surface area (Å²) < 4.78 is 0. The largest absolute Gasteiger partial charge is 0.340 e. The van der Waals surface area contributed by atoms with Gasteiger partial charge in [0.2, 0.25) is 5.91 Å². The van der Waals surface area contributed by atoms with Crippen LogP contribution in [0.3, 0.4) is 0 Å². The zero-order valence-corrected chi connectivity index (χ0v) is 12.5. The van der Waals surface area contributed by atoms with E-state index in [9.17, 15) is 4.79 Å². The second kappa shape index (κ2) is 7.25. The van der Waals surface area contributed by atoms with Crippen LogP contribution in [0.25, 0.3) is 0 Å². The van der Waals surface area contributed by atoms with Crippen molar-refractivity contribution in [1.82, 2.24) is 15.1 Å². The summed E-state index contributed by atoms with van der Waals surface area (Å²) in [5.74, 6) is 1.68. The predicted octanol–water partition coefficient (Wildman–Crippen LogP) is 1.18. The van der Waals surface area contributed by atoms with Gasteiger partial charge in [-0.05, 0) is 37.8 Å². The lowest BCUT2D eigenvalue weighted by molar-refractivity contribution is -0.133. The maximum absolute atomic E-state index is 12.0. The quantitative estimate of drug-likeness (QED) is 0.831. The second-order valence-electron chi connectivity index (χ2n) is 6.47. The molecule has 2 aliphatic rings. The second-order valence-corrected chi connectivity index (χ2v) is 6.47. The maximum atomic E-state index is 12.0. The van der Waals surface area contributed by atoms with Crippen LogP contribution in [-0.2, 0) is 4.79 Å². The fourth-order valence-electron chi connectivity index (χ4n) is 3.09. The normalized spacial score (nSPS) is 23.0. The topological polar surface area (TPSA) is 35.6 Å². The highest BCUT2D eigenvalue weighted by Crippen LogP contribution is 2.15. The Morgan fingerprint density at radius 3 is 2.37 bits per heavy atom. The van der Waals surface area contributed by atoms with Gasteiger partial charge >= 0.3 is 0 Å². The SMILES string of the molecule is CC(C)CC(=O)N1CCN(CC2CCNCC2)CC1. The predicted molar refractivity (Wildman–Crippen MR) is 78.1 cm³/mol. The Labute approximate surface area is 117 Å². The van der Waals surface area contributed by atoms with E-state index < -0.39 is 0 Å². The number of nitrogens with zero attached hydrogens (tertiary/aromatic N) is 2. The molecule has 110 valence electrons. The summed E-state index contributed by atoms with van der Waals surface area (Å²) in [4.78, 5) is 16.6. The molecule has 2 saturated heterocycles. The lowest BCUT2D eigenvalue weighted by atomic mass is 9.97. The molecule has 4 nitrogen and oxygen atoms in total. The van der Waals surface area contributed by atoms with Gasteiger partial charge in [-0.1, -0.05) is 13.8 Å². The Balaban J connectivity index is 1.68. The van der Waals surface area contributed by atoms with Gasteiger partial charge in [0.05, 0.1) is 0 Å². The molecular formula is C15H29N3O. The Bertz CT molecular complexity index is 279. The molecule has 0 aromatic carbocycles. The van der Waals surface area contributed by atoms with Crippen LogP contribution >= 0.6 is 0 Å². The molecule has 0 spiro atoms. The monoisotopic (exact) mass is 267 g/mol. The molecule has 0 aliphatic carbocycles. The van der Waals surface area contributed by atoms with Gasteiger partial charge in [-0.15, -0.1) is 0 Å². The highest BCUT2D eigenvalue weighted by molar-refractivity contribution is 5.76. The summed E-state index contributed by atoms with van der Waals surface area (Å²) >= 11 is 0. The van der Waals surface area contributed by atoms with Crippen molar-refractivity contribution in [2.75, 3.05) is 45.8 Å². The number of piperidine rings is 1. The lowest BCUT2D eigenvalue weighted by Gasteiger charge is -2.37. The molecule has 0 aromatic heterocycles. The molecule has 0 atom stereocenters. The van der Waals surface area contributed by atoms with Gasteiger partial charge in [-0.25, -0.2) is 0 Å². The Morgan fingerprint density at radius 2 is 1.79 bits per heavy atom. The first-order chi connectivity index (χ1) is 9.15. The van der Waals surface area contributed by atoms with Crippen molar-refractivity contribution in [1.29, 1.82) is 0 Å². The van der Waals surface area contributed by atoms with Crippen LogP contribution in [0.5, 0.6) is 0 Å². The zero-order valence-electron chi connectivity index (χ0n) is 12.5. The Morgan fingerprint density at radius 1 is 1.16 bits per heavy atom. The van der Waals surface area contributed by atoms with Gasteiger partial charge in [0.25, 0.3) is 0 Å². The number of hydrogen-bond acceptors (Lipinski definition) is 3. The molecule has 2 aliphatic heterocycles. The summed E-state index contributed by atoms with van der Waals surface area (Å²) in [7, 11) is 0. The highest BCUT2D eigenvalue weighted by atomic mass is 16.2. The first kappa shape index (κ1) is 14.8. The van der Waals surface area contributed by atoms with Gasteiger partial charge < -0.3 is 10.2 Å². The minimum atomic E-state index is 0.344. The zero-order chi connectivity index (χ0) is 13.7. The van der Waals surface area contributed by atoms with Gasteiger partial charge in [0.15, 0.2) is 0 Å². The third-order valence-electron chi connectivity index (χ3n) is 4.28. The fourth-order valence-corrected chi connectivity index (χ4v) is 3.09. The third-order valence-corrected chi connectivity index (χ3v) is 4.28. The van der Waals surface area contributed by atoms with Crippen LogP contribution in [0, 0.1) is 11.8 Å². The summed E-state index contributed by atoms with van der Waals surface area (Å²) in [5, 5.41) is 3.42. The van der Waals surface area contributed by atoms with E-state index in [1.807, 2.05) is 0 Å². The summed E-state index contributed by atoms with van der Waals surface area (Å²) in [6.07, 6.45) is 3.33. The van der Waals surface area contributed by atoms with Gasteiger partial charge in [-0.2, -0.15) is 0 Å². The number of nitrogens with one attached hydrogen (secondary N) is 1. The molecule has 2 rings (SSSR count). The van der Waals surface area contributed by atoms with Crippen LogP contribution < -0.4 is 5.32 Å². The van der Waals surface area contributed by atoms with Crippen molar-refractivity contribution in [3.05, 3.63) is 0 Å². The standard InChI is InChI=1S/C15H29N3O/c1-13(2)11-15(19)18-9-7-17(8-10-18)12-14-3-5-16-6-4-14/h13-14,16H,3-12H2,1-2H3. The molecule has 0 unspecified atom stereocenters. The van der Waals surface area contributed by atoms with Crippen molar-refractivity contribution >= 4 is 5.91 Å². The van der Waals surface area contributed by atoms with E-state index in [1.54, 1.807) is 0 Å². The number of rotatable bonds is 4. The van der Waals surface area contributed by atoms with E-state index in [4.69, 9.17) is 0 Å². The van der Waals surface area contributed by atoms with Crippen molar-refractivity contribution < 1.29 is 4.79 Å². The Kier molecular flexibility index (Phi) is 5.64. The van der Waals surface area contributed by atoms with Crippen LogP contribution in [-0.4, -0.2) is 61.5 Å². The third kappa shape index (κ3) is 4.77. The molecule has 0 aromatic rings. The fraction of sp³-hybridized carbons (Fsp3) is 0.933. The van der Waals surface area contributed by atoms with Gasteiger partial charge in [0, 0.05) is 39.1 Å². The van der Waals surface area contributed by atoms with E-state index in [-0.39, 0.29) is 0 Å². The average Bonchev–Trinajstić information content (AvgIpc) is 2.40. The van der Waals surface area contributed by atoms with E-state index in [2.05, 4.69) is 29.0 Å². The minimum Gasteiger partial charge on any atom is -0.340 e. The van der Waals surface area contributed by atoms with Crippen molar-refractivity contribution in [2.24, 2.45) is 11.8 Å². The van der Waals surface area contributed by atoms with E-state index >= 15 is 0 Å². The summed E-state index contributed by atoms with van der Waals surface area (Å²) in [5.41, 5.74) is 0. The molecule has 1 amide bonds. The number of piperazine rings is 1. The maximum Gasteiger partial charge on any atom is 0.222 e. The molecule has 4 heteroatoms. The summed E-state index contributed by atoms with van der Waals surface area (Å²) in [6.45, 7) is 11.8. The molecule has 0 bridgehead atoms. The number of hydrogen-bond donors (Lipinski definition) is 1. The molecule has 1 N–H and O–H groups in total. The average molecular weight is 267 g/mol. The van der Waals surface area contributed by atoms with Gasteiger partial charge in [-0.3, -0.25) is 9.69 Å². The number of amides is 1. The van der Waals surface area contributed by atoms with E-state index in [0.717, 1.165) is 32.1 Å². The van der Waals surface area contributed by atoms with E-state index in [1.165, 1.54) is 32.5 Å². The molecule has 0 saturated carbocycles. The minimum absolute atomic E-state index is 0.344. The smallest absolute Gasteiger partial charge is 0.222 e. The molecular weight excluding hydrogens is 238 g/mol. The molecule has 0 radical (unpaired) electrons. The molecule has 2 heterocycles. The van der Waals surface area contributed by atoms with Crippen molar-refractivity contribution in [2.45, 2.75) is 33.1 Å². The van der Waals surface area contributed by atoms with Crippen LogP contribution in [0.1, 0.15) is 33.1 Å². The van der Waals surface area contributed by atoms with Crippen LogP contribution in [0.15, 0.2) is 0 Å². The Hall–Kier alpha value is -0.610. The lowest BCUT2D eigenvalue weighted by Crippen LogP contribution is -2.50. The van der Waals surface area contributed by atoms with Crippen LogP contribution in [0.4, 0.5) is 0 Å². The summed E-state index contributed by atoms with van der Waals surface area (Å²) in [6, 6.07) is 0. The molecule has 19 heavy (non-hydrogen) atoms. The first-order valence-corrected chi connectivity index (χ1v) is 7.86. The first-order valence-electron chi connectivity index (χ1n) is 7.86.